The highest BCUT2D eigenvalue weighted by Gasteiger charge is 2.21. The van der Waals surface area contributed by atoms with Crippen LogP contribution in [0.25, 0.3) is 10.9 Å². The summed E-state index contributed by atoms with van der Waals surface area (Å²) in [4.78, 5) is 19.4. The fraction of sp³-hybridized carbons (Fsp3) is 0.200. The molecule has 0 saturated heterocycles. The second-order valence-electron chi connectivity index (χ2n) is 6.26. The first-order valence-corrected chi connectivity index (χ1v) is 10.2. The number of halogens is 1. The molecule has 5 nitrogen and oxygen atoms in total. The van der Waals surface area contributed by atoms with Crippen molar-refractivity contribution in [2.24, 2.45) is 0 Å². The lowest BCUT2D eigenvalue weighted by atomic mass is 10.1. The molecule has 1 aliphatic heterocycles. The second kappa shape index (κ2) is 7.29. The summed E-state index contributed by atoms with van der Waals surface area (Å²) in [6.07, 6.45) is 0. The third-order valence-corrected chi connectivity index (χ3v) is 6.37. The van der Waals surface area contributed by atoms with Crippen LogP contribution in [0.4, 0.5) is 5.82 Å². The molecule has 0 amide bonds. The quantitative estimate of drug-likeness (QED) is 0.612. The Bertz CT molecular complexity index is 1070. The Kier molecular flexibility index (Phi) is 4.85. The highest BCUT2D eigenvalue weighted by molar-refractivity contribution is 7.85. The van der Waals surface area contributed by atoms with Crippen molar-refractivity contribution in [3.8, 4) is 0 Å². The van der Waals surface area contributed by atoms with Crippen molar-refractivity contribution >= 4 is 45.1 Å². The molecule has 2 heterocycles. The van der Waals surface area contributed by atoms with Gasteiger partial charge in [-0.2, -0.15) is 0 Å². The molecule has 1 atom stereocenters. The number of methoxy groups -OCH3 is 1. The first-order chi connectivity index (χ1) is 13.1. The van der Waals surface area contributed by atoms with E-state index in [2.05, 4.69) is 4.90 Å². The zero-order valence-electron chi connectivity index (χ0n) is 14.6. The Balaban J connectivity index is 1.74. The zero-order valence-corrected chi connectivity index (χ0v) is 16.2. The number of ether oxygens (including phenoxy) is 1. The summed E-state index contributed by atoms with van der Waals surface area (Å²) in [5, 5.41) is 1.21. The van der Waals surface area contributed by atoms with Crippen molar-refractivity contribution in [3.05, 3.63) is 64.7 Å². The summed E-state index contributed by atoms with van der Waals surface area (Å²) in [5.41, 5.74) is 2.16. The van der Waals surface area contributed by atoms with E-state index in [9.17, 15) is 9.00 Å². The Morgan fingerprint density at radius 2 is 2.04 bits per heavy atom. The summed E-state index contributed by atoms with van der Waals surface area (Å²) < 4.78 is 17.2. The van der Waals surface area contributed by atoms with Crippen LogP contribution in [0.1, 0.15) is 15.9 Å². The first-order valence-electron chi connectivity index (χ1n) is 8.46. The van der Waals surface area contributed by atoms with Crippen LogP contribution in [0.3, 0.4) is 0 Å². The minimum Gasteiger partial charge on any atom is -0.465 e. The summed E-state index contributed by atoms with van der Waals surface area (Å²) in [6, 6.07) is 14.7. The molecule has 1 aromatic heterocycles. The topological polar surface area (TPSA) is 59.5 Å². The van der Waals surface area contributed by atoms with Gasteiger partial charge < -0.3 is 9.64 Å². The molecule has 0 fully saturated rings. The van der Waals surface area contributed by atoms with E-state index in [4.69, 9.17) is 21.3 Å². The lowest BCUT2D eigenvalue weighted by Gasteiger charge is -2.22. The van der Waals surface area contributed by atoms with E-state index in [0.717, 1.165) is 16.3 Å². The molecule has 7 heteroatoms. The number of rotatable bonds is 2. The largest absolute Gasteiger partial charge is 0.465 e. The number of pyridine rings is 1. The predicted octanol–water partition coefficient (Wildman–Crippen LogP) is 3.80. The van der Waals surface area contributed by atoms with Gasteiger partial charge in [0.25, 0.3) is 0 Å². The minimum atomic E-state index is -1.02. The van der Waals surface area contributed by atoms with Gasteiger partial charge in [-0.3, -0.25) is 4.21 Å². The van der Waals surface area contributed by atoms with Crippen molar-refractivity contribution in [1.82, 2.24) is 4.98 Å². The molecule has 0 bridgehead atoms. The van der Waals surface area contributed by atoms with Crippen LogP contribution in [-0.2, 0) is 22.1 Å². The van der Waals surface area contributed by atoms with Crippen LogP contribution in [-0.4, -0.2) is 34.6 Å². The Morgan fingerprint density at radius 1 is 1.22 bits per heavy atom. The highest BCUT2D eigenvalue weighted by atomic mass is 35.5. The van der Waals surface area contributed by atoms with E-state index in [1.165, 1.54) is 7.11 Å². The maximum atomic E-state index is 12.5. The van der Waals surface area contributed by atoms with E-state index < -0.39 is 16.8 Å². The number of hydrogen-bond donors (Lipinski definition) is 0. The van der Waals surface area contributed by atoms with Crippen LogP contribution in [0.15, 0.2) is 53.4 Å². The summed E-state index contributed by atoms with van der Waals surface area (Å²) in [5.74, 6) is 0.853. The molecular weight excluding hydrogens is 384 g/mol. The molecular formula is C20H17ClN2O3S. The number of fused-ring (bicyclic) bond motifs is 2. The first kappa shape index (κ1) is 17.9. The number of benzene rings is 2. The fourth-order valence-corrected chi connectivity index (χ4v) is 4.73. The van der Waals surface area contributed by atoms with E-state index in [1.54, 1.807) is 24.3 Å². The van der Waals surface area contributed by atoms with Crippen LogP contribution < -0.4 is 4.90 Å². The Labute approximate surface area is 164 Å². The molecule has 2 aromatic carbocycles. The van der Waals surface area contributed by atoms with E-state index in [1.807, 2.05) is 24.3 Å². The molecule has 0 radical (unpaired) electrons. The lowest BCUT2D eigenvalue weighted by Crippen LogP contribution is -2.25. The minimum absolute atomic E-state index is 0.413. The van der Waals surface area contributed by atoms with Crippen LogP contribution in [0.2, 0.25) is 5.02 Å². The van der Waals surface area contributed by atoms with E-state index in [-0.39, 0.29) is 0 Å². The van der Waals surface area contributed by atoms with Crippen molar-refractivity contribution < 1.29 is 13.7 Å². The van der Waals surface area contributed by atoms with Gasteiger partial charge in [-0.1, -0.05) is 29.8 Å². The average Bonchev–Trinajstić information content (AvgIpc) is 2.86. The normalized spacial score (nSPS) is 16.7. The second-order valence-corrected chi connectivity index (χ2v) is 8.21. The molecule has 138 valence electrons. The smallest absolute Gasteiger partial charge is 0.337 e. The number of aromatic nitrogens is 1. The van der Waals surface area contributed by atoms with Gasteiger partial charge in [-0.15, -0.1) is 0 Å². The monoisotopic (exact) mass is 400 g/mol. The molecule has 3 aromatic rings. The number of anilines is 1. The van der Waals surface area contributed by atoms with Crippen LogP contribution >= 0.6 is 11.6 Å². The Morgan fingerprint density at radius 3 is 2.85 bits per heavy atom. The van der Waals surface area contributed by atoms with Gasteiger partial charge >= 0.3 is 5.97 Å². The molecule has 0 saturated carbocycles. The number of carbonyl (C=O) groups is 1. The van der Waals surface area contributed by atoms with Crippen molar-refractivity contribution in [3.63, 3.8) is 0 Å². The maximum absolute atomic E-state index is 12.5. The summed E-state index contributed by atoms with van der Waals surface area (Å²) in [6.45, 7) is 1.24. The van der Waals surface area contributed by atoms with Gasteiger partial charge in [0, 0.05) is 29.1 Å². The molecule has 0 spiro atoms. The van der Waals surface area contributed by atoms with Gasteiger partial charge in [0.1, 0.15) is 5.82 Å². The van der Waals surface area contributed by atoms with E-state index >= 15 is 0 Å². The van der Waals surface area contributed by atoms with Crippen molar-refractivity contribution in [2.45, 2.75) is 11.4 Å². The average molecular weight is 401 g/mol. The van der Waals surface area contributed by atoms with Crippen molar-refractivity contribution in [1.29, 1.82) is 0 Å². The van der Waals surface area contributed by atoms with Crippen LogP contribution in [0, 0.1) is 0 Å². The molecule has 27 heavy (non-hydrogen) atoms. The number of hydrogen-bond acceptors (Lipinski definition) is 5. The van der Waals surface area contributed by atoms with Gasteiger partial charge in [0.05, 0.1) is 34.0 Å². The number of carbonyl (C=O) groups excluding carboxylic acids is 1. The Hall–Kier alpha value is -2.44. The van der Waals surface area contributed by atoms with Crippen LogP contribution in [0.5, 0.6) is 0 Å². The SMILES string of the molecule is COC(=O)c1ccc2nc(N3CCS(=O)c4ccccc4C3)cc(Cl)c2c1. The van der Waals surface area contributed by atoms with Crippen molar-refractivity contribution in [2.75, 3.05) is 24.3 Å². The summed E-state index contributed by atoms with van der Waals surface area (Å²) in [7, 11) is 0.321. The standard InChI is InChI=1S/C20H17ClN2O3S/c1-26-20(24)13-6-7-17-15(10-13)16(21)11-19(22-17)23-8-9-27(25)18-5-3-2-4-14(18)12-23/h2-7,10-11H,8-9,12H2,1H3. The third kappa shape index (κ3) is 3.42. The molecule has 0 N–H and O–H groups in total. The molecule has 4 rings (SSSR count). The molecule has 1 unspecified atom stereocenters. The fourth-order valence-electron chi connectivity index (χ4n) is 3.22. The van der Waals surface area contributed by atoms with E-state index in [0.29, 0.717) is 40.3 Å². The maximum Gasteiger partial charge on any atom is 0.337 e. The zero-order chi connectivity index (χ0) is 19.0. The molecule has 0 aliphatic carbocycles. The van der Waals surface area contributed by atoms with Gasteiger partial charge in [0.2, 0.25) is 0 Å². The predicted molar refractivity (Wildman–Crippen MR) is 107 cm³/mol. The third-order valence-electron chi connectivity index (χ3n) is 4.62. The molecule has 1 aliphatic rings. The van der Waals surface area contributed by atoms with Gasteiger partial charge in [-0.05, 0) is 35.9 Å². The van der Waals surface area contributed by atoms with Gasteiger partial charge in [0.15, 0.2) is 0 Å². The number of nitrogens with zero attached hydrogens (tertiary/aromatic N) is 2. The lowest BCUT2D eigenvalue weighted by molar-refractivity contribution is 0.0601. The summed E-state index contributed by atoms with van der Waals surface area (Å²) >= 11 is 6.49. The highest BCUT2D eigenvalue weighted by Crippen LogP contribution is 2.30. The number of esters is 1. The van der Waals surface area contributed by atoms with Gasteiger partial charge in [-0.25, -0.2) is 9.78 Å².